The monoisotopic (exact) mass is 280 g/mol. The second-order valence-corrected chi connectivity index (χ2v) is 5.13. The quantitative estimate of drug-likeness (QED) is 0.901. The number of carboxylic acid groups (broad SMARTS) is 1. The van der Waals surface area contributed by atoms with Crippen molar-refractivity contribution in [3.8, 4) is 0 Å². The Labute approximate surface area is 113 Å². The number of amides is 1. The standard InChI is InChI=1S/C12H12N2O4S/c1-5-4-8(19-10(5)12(16)17)13-11(15)9-6(2)14-18-7(9)3/h4H,1-3H3,(H,13,15)(H,16,17). The Morgan fingerprint density at radius 2 is 2.05 bits per heavy atom. The van der Waals surface area contributed by atoms with Gasteiger partial charge in [0.1, 0.15) is 16.2 Å². The lowest BCUT2D eigenvalue weighted by Crippen LogP contribution is -2.12. The number of nitrogens with zero attached hydrogens (tertiary/aromatic N) is 1. The number of carbonyl (C=O) groups excluding carboxylic acids is 1. The summed E-state index contributed by atoms with van der Waals surface area (Å²) in [6.45, 7) is 5.01. The highest BCUT2D eigenvalue weighted by molar-refractivity contribution is 7.18. The van der Waals surface area contributed by atoms with Crippen LogP contribution in [0.5, 0.6) is 0 Å². The maximum absolute atomic E-state index is 12.1. The molecule has 0 aliphatic rings. The van der Waals surface area contributed by atoms with Crippen molar-refractivity contribution in [3.05, 3.63) is 33.5 Å². The van der Waals surface area contributed by atoms with E-state index in [9.17, 15) is 9.59 Å². The first-order chi connectivity index (χ1) is 8.90. The number of carboxylic acids is 1. The molecule has 2 heterocycles. The average molecular weight is 280 g/mol. The normalized spacial score (nSPS) is 10.5. The van der Waals surface area contributed by atoms with Gasteiger partial charge in [-0.1, -0.05) is 5.16 Å². The lowest BCUT2D eigenvalue weighted by atomic mass is 10.2. The molecule has 2 N–H and O–H groups in total. The van der Waals surface area contributed by atoms with Crippen LogP contribution < -0.4 is 5.32 Å². The lowest BCUT2D eigenvalue weighted by Gasteiger charge is -2.00. The number of aromatic nitrogens is 1. The van der Waals surface area contributed by atoms with Crippen molar-refractivity contribution in [2.75, 3.05) is 5.32 Å². The minimum Gasteiger partial charge on any atom is -0.477 e. The second-order valence-electron chi connectivity index (χ2n) is 4.08. The molecule has 100 valence electrons. The fourth-order valence-electron chi connectivity index (χ4n) is 1.74. The van der Waals surface area contributed by atoms with Crippen LogP contribution in [0.1, 0.15) is 37.0 Å². The fraction of sp³-hybridized carbons (Fsp3) is 0.250. The molecule has 0 aliphatic heterocycles. The zero-order valence-corrected chi connectivity index (χ0v) is 11.4. The highest BCUT2D eigenvalue weighted by Crippen LogP contribution is 2.27. The number of hydrogen-bond acceptors (Lipinski definition) is 5. The average Bonchev–Trinajstić information content (AvgIpc) is 2.82. The Kier molecular flexibility index (Phi) is 3.39. The van der Waals surface area contributed by atoms with E-state index in [-0.39, 0.29) is 10.8 Å². The first-order valence-electron chi connectivity index (χ1n) is 5.48. The third-order valence-corrected chi connectivity index (χ3v) is 3.75. The van der Waals surface area contributed by atoms with E-state index in [1.165, 1.54) is 0 Å². The number of nitrogens with one attached hydrogen (secondary N) is 1. The third-order valence-electron chi connectivity index (χ3n) is 2.61. The van der Waals surface area contributed by atoms with E-state index in [4.69, 9.17) is 9.63 Å². The molecule has 0 atom stereocenters. The number of rotatable bonds is 3. The first-order valence-corrected chi connectivity index (χ1v) is 6.29. The van der Waals surface area contributed by atoms with Crippen LogP contribution in [0.15, 0.2) is 10.6 Å². The smallest absolute Gasteiger partial charge is 0.346 e. The van der Waals surface area contributed by atoms with Gasteiger partial charge in [-0.05, 0) is 32.4 Å². The third kappa shape index (κ3) is 2.50. The summed E-state index contributed by atoms with van der Waals surface area (Å²) in [4.78, 5) is 23.2. The first kappa shape index (κ1) is 13.3. The van der Waals surface area contributed by atoms with Crippen LogP contribution in [0, 0.1) is 20.8 Å². The van der Waals surface area contributed by atoms with Gasteiger partial charge in [0.25, 0.3) is 5.91 Å². The van der Waals surface area contributed by atoms with Crippen molar-refractivity contribution >= 4 is 28.2 Å². The fourth-order valence-corrected chi connectivity index (χ4v) is 2.64. The summed E-state index contributed by atoms with van der Waals surface area (Å²) in [5.41, 5.74) is 1.50. The number of carbonyl (C=O) groups is 2. The van der Waals surface area contributed by atoms with Crippen LogP contribution >= 0.6 is 11.3 Å². The van der Waals surface area contributed by atoms with Crippen LogP contribution in [-0.4, -0.2) is 22.1 Å². The van der Waals surface area contributed by atoms with Crippen LogP contribution in [0.3, 0.4) is 0 Å². The van der Waals surface area contributed by atoms with Gasteiger partial charge < -0.3 is 14.9 Å². The molecule has 7 heteroatoms. The summed E-state index contributed by atoms with van der Waals surface area (Å²) >= 11 is 1.02. The molecule has 0 bridgehead atoms. The molecule has 0 saturated heterocycles. The van der Waals surface area contributed by atoms with Crippen molar-refractivity contribution in [2.45, 2.75) is 20.8 Å². The van der Waals surface area contributed by atoms with Gasteiger partial charge in [-0.15, -0.1) is 11.3 Å². The van der Waals surface area contributed by atoms with Crippen molar-refractivity contribution in [1.82, 2.24) is 5.16 Å². The molecule has 2 aromatic rings. The Balaban J connectivity index is 2.25. The van der Waals surface area contributed by atoms with Gasteiger partial charge in [-0.25, -0.2) is 4.79 Å². The molecule has 2 rings (SSSR count). The molecule has 6 nitrogen and oxygen atoms in total. The largest absolute Gasteiger partial charge is 0.477 e. The van der Waals surface area contributed by atoms with Gasteiger partial charge in [-0.2, -0.15) is 0 Å². The van der Waals surface area contributed by atoms with Gasteiger partial charge in [0.15, 0.2) is 0 Å². The second kappa shape index (κ2) is 4.85. The van der Waals surface area contributed by atoms with Crippen molar-refractivity contribution in [2.24, 2.45) is 0 Å². The van der Waals surface area contributed by atoms with E-state index in [0.717, 1.165) is 11.3 Å². The van der Waals surface area contributed by atoms with E-state index in [0.29, 0.717) is 27.6 Å². The van der Waals surface area contributed by atoms with Crippen molar-refractivity contribution < 1.29 is 19.2 Å². The minimum atomic E-state index is -1.000. The van der Waals surface area contributed by atoms with E-state index in [1.54, 1.807) is 26.8 Å². The molecule has 19 heavy (non-hydrogen) atoms. The van der Waals surface area contributed by atoms with E-state index < -0.39 is 5.97 Å². The maximum Gasteiger partial charge on any atom is 0.346 e. The van der Waals surface area contributed by atoms with Gasteiger partial charge in [-0.3, -0.25) is 4.79 Å². The highest BCUT2D eigenvalue weighted by atomic mass is 32.1. The molecule has 0 fully saturated rings. The summed E-state index contributed by atoms with van der Waals surface area (Å²) in [5.74, 6) is -0.920. The van der Waals surface area contributed by atoms with Crippen molar-refractivity contribution in [1.29, 1.82) is 0 Å². The highest BCUT2D eigenvalue weighted by Gasteiger charge is 2.19. The maximum atomic E-state index is 12.1. The summed E-state index contributed by atoms with van der Waals surface area (Å²) in [5, 5.41) is 15.8. The Hall–Kier alpha value is -2.15. The van der Waals surface area contributed by atoms with Gasteiger partial charge in [0.2, 0.25) is 0 Å². The van der Waals surface area contributed by atoms with E-state index >= 15 is 0 Å². The zero-order chi connectivity index (χ0) is 14.2. The van der Waals surface area contributed by atoms with Gasteiger partial charge in [0.05, 0.1) is 10.7 Å². The molecule has 0 aromatic carbocycles. The SMILES string of the molecule is Cc1cc(NC(=O)c2c(C)noc2C)sc1C(=O)O. The molecule has 0 spiro atoms. The number of hydrogen-bond donors (Lipinski definition) is 2. The number of aromatic carboxylic acids is 1. The molecular weight excluding hydrogens is 268 g/mol. The molecule has 0 saturated carbocycles. The molecule has 2 aromatic heterocycles. The van der Waals surface area contributed by atoms with Crippen LogP contribution in [0.25, 0.3) is 0 Å². The van der Waals surface area contributed by atoms with Crippen LogP contribution in [0.4, 0.5) is 5.00 Å². The number of anilines is 1. The lowest BCUT2D eigenvalue weighted by molar-refractivity contribution is 0.0701. The zero-order valence-electron chi connectivity index (χ0n) is 10.6. The minimum absolute atomic E-state index is 0.217. The van der Waals surface area contributed by atoms with Gasteiger partial charge in [0, 0.05) is 0 Å². The van der Waals surface area contributed by atoms with Crippen LogP contribution in [-0.2, 0) is 0 Å². The molecule has 0 radical (unpaired) electrons. The molecule has 1 amide bonds. The summed E-state index contributed by atoms with van der Waals surface area (Å²) in [7, 11) is 0. The van der Waals surface area contributed by atoms with Crippen molar-refractivity contribution in [3.63, 3.8) is 0 Å². The molecule has 0 aliphatic carbocycles. The predicted octanol–water partition coefficient (Wildman–Crippen LogP) is 2.61. The van der Waals surface area contributed by atoms with Gasteiger partial charge >= 0.3 is 5.97 Å². The summed E-state index contributed by atoms with van der Waals surface area (Å²) < 4.78 is 4.92. The Bertz CT molecular complexity index is 637. The number of aryl methyl sites for hydroxylation is 3. The Morgan fingerprint density at radius 3 is 2.53 bits per heavy atom. The topological polar surface area (TPSA) is 92.4 Å². The molecule has 0 unspecified atom stereocenters. The van der Waals surface area contributed by atoms with E-state index in [2.05, 4.69) is 10.5 Å². The predicted molar refractivity (Wildman–Crippen MR) is 69.9 cm³/mol. The molecular formula is C12H12N2O4S. The summed E-state index contributed by atoms with van der Waals surface area (Å²) in [6, 6.07) is 1.63. The Morgan fingerprint density at radius 1 is 1.37 bits per heavy atom. The summed E-state index contributed by atoms with van der Waals surface area (Å²) in [6.07, 6.45) is 0. The van der Waals surface area contributed by atoms with E-state index in [1.807, 2.05) is 0 Å². The van der Waals surface area contributed by atoms with Crippen LogP contribution in [0.2, 0.25) is 0 Å². The number of thiophene rings is 1.